The minimum atomic E-state index is -1.00. The number of carbonyl (C=O) groups excluding carboxylic acids is 3. The number of rotatable bonds is 6. The number of primary amides is 1. The molecule has 0 aliphatic rings. The highest BCUT2D eigenvalue weighted by Crippen LogP contribution is 2.23. The Balaban J connectivity index is 2.84. The lowest BCUT2D eigenvalue weighted by Crippen LogP contribution is -2.39. The Labute approximate surface area is 123 Å². The second kappa shape index (κ2) is 7.39. The zero-order valence-electron chi connectivity index (χ0n) is 12.1. The summed E-state index contributed by atoms with van der Waals surface area (Å²) in [5.41, 5.74) is 12.4. The second-order valence-electron chi connectivity index (χ2n) is 4.65. The average molecular weight is 292 g/mol. The monoisotopic (exact) mass is 292 g/mol. The third-order valence-corrected chi connectivity index (χ3v) is 2.94. The van der Waals surface area contributed by atoms with Crippen molar-refractivity contribution in [1.82, 2.24) is 0 Å². The van der Waals surface area contributed by atoms with Crippen molar-refractivity contribution in [2.45, 2.75) is 32.7 Å². The van der Waals surface area contributed by atoms with Crippen LogP contribution in [0.2, 0.25) is 0 Å². The Hall–Kier alpha value is -2.41. The van der Waals surface area contributed by atoms with Crippen molar-refractivity contribution in [3.63, 3.8) is 0 Å². The van der Waals surface area contributed by atoms with Crippen molar-refractivity contribution in [2.75, 3.05) is 10.6 Å². The van der Waals surface area contributed by atoms with Gasteiger partial charge in [-0.15, -0.1) is 0 Å². The first-order chi connectivity index (χ1) is 9.85. The van der Waals surface area contributed by atoms with Crippen molar-refractivity contribution >= 4 is 29.1 Å². The maximum atomic E-state index is 11.9. The summed E-state index contributed by atoms with van der Waals surface area (Å²) in [6, 6.07) is 4.12. The molecule has 21 heavy (non-hydrogen) atoms. The summed E-state index contributed by atoms with van der Waals surface area (Å²) in [7, 11) is 0. The molecule has 0 spiro atoms. The van der Waals surface area contributed by atoms with Crippen molar-refractivity contribution < 1.29 is 14.4 Å². The zero-order chi connectivity index (χ0) is 16.0. The highest BCUT2D eigenvalue weighted by Gasteiger charge is 2.17. The molecule has 0 radical (unpaired) electrons. The van der Waals surface area contributed by atoms with Crippen molar-refractivity contribution in [1.29, 1.82) is 0 Å². The Kier molecular flexibility index (Phi) is 5.86. The minimum absolute atomic E-state index is 0.119. The van der Waals surface area contributed by atoms with Crippen LogP contribution in [0, 0.1) is 6.92 Å². The number of hydrogen-bond donors (Lipinski definition) is 4. The lowest BCUT2D eigenvalue weighted by Gasteiger charge is -2.15. The van der Waals surface area contributed by atoms with E-state index in [9.17, 15) is 14.4 Å². The largest absolute Gasteiger partial charge is 0.370 e. The summed E-state index contributed by atoms with van der Waals surface area (Å²) in [6.45, 7) is 3.51. The Morgan fingerprint density at radius 2 is 1.76 bits per heavy atom. The zero-order valence-corrected chi connectivity index (χ0v) is 12.1. The van der Waals surface area contributed by atoms with Gasteiger partial charge in [0.05, 0.1) is 12.5 Å². The quantitative estimate of drug-likeness (QED) is 0.608. The van der Waals surface area contributed by atoms with Gasteiger partial charge in [-0.1, -0.05) is 13.0 Å². The Morgan fingerprint density at radius 3 is 2.29 bits per heavy atom. The molecule has 0 aromatic heterocycles. The summed E-state index contributed by atoms with van der Waals surface area (Å²) in [4.78, 5) is 34.0. The normalized spacial score (nSPS) is 11.6. The van der Waals surface area contributed by atoms with Crippen molar-refractivity contribution in [3.05, 3.63) is 23.8 Å². The van der Waals surface area contributed by atoms with Gasteiger partial charge in [0.1, 0.15) is 0 Å². The topological polar surface area (TPSA) is 127 Å². The molecule has 0 fully saturated rings. The Bertz CT molecular complexity index is 557. The molecule has 0 heterocycles. The van der Waals surface area contributed by atoms with Crippen LogP contribution in [0.1, 0.15) is 25.3 Å². The highest BCUT2D eigenvalue weighted by atomic mass is 16.2. The van der Waals surface area contributed by atoms with E-state index >= 15 is 0 Å². The van der Waals surface area contributed by atoms with Gasteiger partial charge in [-0.25, -0.2) is 0 Å². The van der Waals surface area contributed by atoms with Gasteiger partial charge in [0.25, 0.3) is 0 Å². The van der Waals surface area contributed by atoms with Crippen LogP contribution in [0.4, 0.5) is 11.4 Å². The minimum Gasteiger partial charge on any atom is -0.370 e. The van der Waals surface area contributed by atoms with Crippen LogP contribution < -0.4 is 22.1 Å². The molecule has 0 aliphatic carbocycles. The molecule has 0 bridgehead atoms. The average Bonchev–Trinajstić information content (AvgIpc) is 2.42. The molecule has 0 saturated heterocycles. The number of nitrogens with two attached hydrogens (primary N) is 2. The summed E-state index contributed by atoms with van der Waals surface area (Å²) >= 11 is 0. The third kappa shape index (κ3) is 4.88. The number of amides is 3. The van der Waals surface area contributed by atoms with Gasteiger partial charge in [-0.3, -0.25) is 14.4 Å². The van der Waals surface area contributed by atoms with E-state index in [-0.39, 0.29) is 12.3 Å². The lowest BCUT2D eigenvalue weighted by atomic mass is 10.1. The molecule has 3 amide bonds. The molecule has 7 heteroatoms. The van der Waals surface area contributed by atoms with E-state index in [0.717, 1.165) is 0 Å². The summed E-state index contributed by atoms with van der Waals surface area (Å²) in [5.74, 6) is -1.26. The number of hydrogen-bond acceptors (Lipinski definition) is 4. The van der Waals surface area contributed by atoms with Gasteiger partial charge in [-0.2, -0.15) is 0 Å². The predicted octanol–water partition coefficient (Wildman–Crippen LogP) is 0.485. The van der Waals surface area contributed by atoms with E-state index in [1.165, 1.54) is 0 Å². The second-order valence-corrected chi connectivity index (χ2v) is 4.65. The molecule has 114 valence electrons. The molecular weight excluding hydrogens is 272 g/mol. The summed E-state index contributed by atoms with van der Waals surface area (Å²) < 4.78 is 0. The summed E-state index contributed by atoms with van der Waals surface area (Å²) in [6.07, 6.45) is 0.136. The van der Waals surface area contributed by atoms with Crippen molar-refractivity contribution in [3.8, 4) is 0 Å². The molecule has 0 saturated carbocycles. The highest BCUT2D eigenvalue weighted by molar-refractivity contribution is 5.99. The molecule has 1 unspecified atom stereocenters. The number of carbonyl (C=O) groups is 3. The third-order valence-electron chi connectivity index (χ3n) is 2.94. The molecule has 6 N–H and O–H groups in total. The van der Waals surface area contributed by atoms with Gasteiger partial charge in [-0.05, 0) is 24.6 Å². The van der Waals surface area contributed by atoms with E-state index in [1.54, 1.807) is 32.0 Å². The van der Waals surface area contributed by atoms with E-state index in [4.69, 9.17) is 11.5 Å². The van der Waals surface area contributed by atoms with Crippen LogP contribution in [-0.4, -0.2) is 23.8 Å². The first-order valence-corrected chi connectivity index (χ1v) is 6.59. The van der Waals surface area contributed by atoms with E-state index in [2.05, 4.69) is 10.6 Å². The predicted molar refractivity (Wildman–Crippen MR) is 80.5 cm³/mol. The smallest absolute Gasteiger partial charge is 0.241 e. The fourth-order valence-corrected chi connectivity index (χ4v) is 1.68. The van der Waals surface area contributed by atoms with Crippen LogP contribution >= 0.6 is 0 Å². The summed E-state index contributed by atoms with van der Waals surface area (Å²) in [5, 5.41) is 5.36. The van der Waals surface area contributed by atoms with E-state index in [0.29, 0.717) is 23.4 Å². The maximum Gasteiger partial charge on any atom is 0.241 e. The van der Waals surface area contributed by atoms with E-state index in [1.807, 2.05) is 0 Å². The molecule has 1 aromatic carbocycles. The molecular formula is C14H20N4O3. The fraction of sp³-hybridized carbons (Fsp3) is 0.357. The molecule has 1 aromatic rings. The van der Waals surface area contributed by atoms with Gasteiger partial charge in [0.2, 0.25) is 17.7 Å². The SMILES string of the molecule is CCC(=O)Nc1cccc(NC(=O)C(N)CC(N)=O)c1C. The number of nitrogens with one attached hydrogen (secondary N) is 2. The number of anilines is 2. The molecule has 7 nitrogen and oxygen atoms in total. The first kappa shape index (κ1) is 16.6. The van der Waals surface area contributed by atoms with Crippen molar-refractivity contribution in [2.24, 2.45) is 11.5 Å². The van der Waals surface area contributed by atoms with Crippen LogP contribution in [0.25, 0.3) is 0 Å². The van der Waals surface area contributed by atoms with Crippen LogP contribution in [-0.2, 0) is 14.4 Å². The van der Waals surface area contributed by atoms with Gasteiger partial charge in [0, 0.05) is 17.8 Å². The standard InChI is InChI=1S/C14H20N4O3/c1-3-13(20)17-10-5-4-6-11(8(10)2)18-14(21)9(15)7-12(16)19/h4-6,9H,3,7,15H2,1-2H3,(H2,16,19)(H,17,20)(H,18,21). The van der Waals surface area contributed by atoms with Gasteiger partial charge < -0.3 is 22.1 Å². The van der Waals surface area contributed by atoms with Crippen LogP contribution in [0.3, 0.4) is 0 Å². The Morgan fingerprint density at radius 1 is 1.19 bits per heavy atom. The fourth-order valence-electron chi connectivity index (χ4n) is 1.68. The van der Waals surface area contributed by atoms with Gasteiger partial charge >= 0.3 is 0 Å². The van der Waals surface area contributed by atoms with Crippen LogP contribution in [0.15, 0.2) is 18.2 Å². The van der Waals surface area contributed by atoms with Gasteiger partial charge in [0.15, 0.2) is 0 Å². The molecule has 1 atom stereocenters. The molecule has 1 rings (SSSR count). The maximum absolute atomic E-state index is 11.9. The first-order valence-electron chi connectivity index (χ1n) is 6.59. The molecule has 0 aliphatic heterocycles. The van der Waals surface area contributed by atoms with E-state index < -0.39 is 17.9 Å². The van der Waals surface area contributed by atoms with Crippen LogP contribution in [0.5, 0.6) is 0 Å². The lowest BCUT2D eigenvalue weighted by molar-refractivity contribution is -0.123. The number of benzene rings is 1.